The topological polar surface area (TPSA) is 129 Å². The molecule has 16 heteroatoms. The first-order valence-electron chi connectivity index (χ1n) is 12.2. The van der Waals surface area contributed by atoms with Gasteiger partial charge in [0.1, 0.15) is 24.7 Å². The molecule has 0 amide bonds. The molecule has 40 heavy (non-hydrogen) atoms. The first-order chi connectivity index (χ1) is 18.7. The monoisotopic (exact) mass is 580 g/mol. The Bertz CT molecular complexity index is 1180. The second-order valence-electron chi connectivity index (χ2n) is 9.11. The van der Waals surface area contributed by atoms with Crippen molar-refractivity contribution in [2.75, 3.05) is 26.3 Å². The van der Waals surface area contributed by atoms with Gasteiger partial charge in [0.05, 0.1) is 33.1 Å². The fourth-order valence-electron chi connectivity index (χ4n) is 4.10. The van der Waals surface area contributed by atoms with Crippen LogP contribution in [-0.2, 0) is 12.4 Å². The van der Waals surface area contributed by atoms with Gasteiger partial charge in [0.2, 0.25) is 0 Å². The highest BCUT2D eigenvalue weighted by Gasteiger charge is 2.36. The second kappa shape index (κ2) is 13.1. The number of benzene rings is 2. The molecule has 0 aromatic heterocycles. The summed E-state index contributed by atoms with van der Waals surface area (Å²) in [5.41, 5.74) is -3.14. The zero-order valence-corrected chi connectivity index (χ0v) is 20.9. The summed E-state index contributed by atoms with van der Waals surface area (Å²) in [5, 5.41) is 27.5. The molecule has 2 aliphatic rings. The van der Waals surface area contributed by atoms with Gasteiger partial charge >= 0.3 is 12.4 Å². The van der Waals surface area contributed by atoms with E-state index in [1.807, 2.05) is 0 Å². The normalized spacial score (nSPS) is 19.1. The van der Waals surface area contributed by atoms with E-state index in [1.165, 1.54) is 0 Å². The number of halogens is 6. The van der Waals surface area contributed by atoms with Crippen molar-refractivity contribution >= 4 is 11.4 Å². The van der Waals surface area contributed by atoms with Crippen molar-refractivity contribution in [3.63, 3.8) is 0 Å². The number of nitrogens with zero attached hydrogens (tertiary/aromatic N) is 2. The molecule has 0 unspecified atom stereocenters. The predicted octanol–water partition coefficient (Wildman–Crippen LogP) is 5.49. The second-order valence-corrected chi connectivity index (χ2v) is 9.11. The molecule has 10 nitrogen and oxygen atoms in total. The average Bonchev–Trinajstić information content (AvgIpc) is 3.59. The number of nitro benzene ring substituents is 2. The van der Waals surface area contributed by atoms with Crippen molar-refractivity contribution in [2.24, 2.45) is 0 Å². The number of nitrogens with one attached hydrogen (secondary N) is 2. The fourth-order valence-corrected chi connectivity index (χ4v) is 4.10. The molecule has 4 rings (SSSR count). The summed E-state index contributed by atoms with van der Waals surface area (Å²) < 4.78 is 86.8. The van der Waals surface area contributed by atoms with Gasteiger partial charge in [0.15, 0.2) is 0 Å². The van der Waals surface area contributed by atoms with E-state index in [9.17, 15) is 46.6 Å². The number of nitro groups is 2. The smallest absolute Gasteiger partial charge is 0.419 e. The van der Waals surface area contributed by atoms with Crippen LogP contribution in [-0.4, -0.2) is 48.2 Å². The lowest BCUT2D eigenvalue weighted by Gasteiger charge is -2.16. The Morgan fingerprint density at radius 3 is 1.82 bits per heavy atom. The average molecular weight is 580 g/mol. The molecule has 0 aliphatic carbocycles. The molecule has 2 heterocycles. The molecular formula is C24H26F6N4O6. The van der Waals surface area contributed by atoms with Gasteiger partial charge in [-0.1, -0.05) is 0 Å². The highest BCUT2D eigenvalue weighted by atomic mass is 19.4. The highest BCUT2D eigenvalue weighted by Crippen LogP contribution is 2.38. The minimum atomic E-state index is -4.64. The third-order valence-corrected chi connectivity index (χ3v) is 6.13. The molecule has 2 aliphatic heterocycles. The molecular weight excluding hydrogens is 554 g/mol. The van der Waals surface area contributed by atoms with Crippen LogP contribution in [0.3, 0.4) is 0 Å². The fraction of sp³-hybridized carbons (Fsp3) is 0.500. The van der Waals surface area contributed by atoms with E-state index >= 15 is 0 Å². The van der Waals surface area contributed by atoms with Crippen LogP contribution in [0.15, 0.2) is 36.4 Å². The van der Waals surface area contributed by atoms with Gasteiger partial charge in [-0.25, -0.2) is 0 Å². The van der Waals surface area contributed by atoms with Crippen LogP contribution in [0.5, 0.6) is 11.5 Å². The zero-order valence-electron chi connectivity index (χ0n) is 20.9. The van der Waals surface area contributed by atoms with E-state index in [0.29, 0.717) is 12.1 Å². The number of alkyl halides is 6. The third kappa shape index (κ3) is 8.94. The van der Waals surface area contributed by atoms with Crippen molar-refractivity contribution in [3.8, 4) is 11.5 Å². The molecule has 2 fully saturated rings. The van der Waals surface area contributed by atoms with E-state index < -0.39 is 50.5 Å². The van der Waals surface area contributed by atoms with Crippen molar-refractivity contribution in [2.45, 2.75) is 50.1 Å². The van der Waals surface area contributed by atoms with Gasteiger partial charge in [0, 0.05) is 24.2 Å². The standard InChI is InChI=1S/2C12H13F3N2O3/c13-12(14,15)10-4-3-9(17(18)19)6-11(10)20-7-8-2-1-5-16-8;13-12(14,15)8-4-10(17(18)19)6-11(5-8)20-7-9-2-1-3-16-9/h3-4,6,8,16H,1-2,5,7H2;4-6,9,16H,1-3,7H2/t8-;9-/m10/s1. The van der Waals surface area contributed by atoms with Crippen LogP contribution >= 0.6 is 0 Å². The van der Waals surface area contributed by atoms with Crippen molar-refractivity contribution in [1.29, 1.82) is 0 Å². The summed E-state index contributed by atoms with van der Waals surface area (Å²) in [6, 6.07) is 4.66. The van der Waals surface area contributed by atoms with Crippen molar-refractivity contribution in [3.05, 3.63) is 67.8 Å². The first-order valence-corrected chi connectivity index (χ1v) is 12.2. The number of ether oxygens (including phenoxy) is 2. The summed E-state index contributed by atoms with van der Waals surface area (Å²) in [6.07, 6.45) is -5.63. The van der Waals surface area contributed by atoms with Crippen LogP contribution in [0, 0.1) is 20.2 Å². The van der Waals surface area contributed by atoms with E-state index in [1.54, 1.807) is 0 Å². The van der Waals surface area contributed by atoms with E-state index in [2.05, 4.69) is 10.6 Å². The molecule has 2 saturated heterocycles. The van der Waals surface area contributed by atoms with Crippen LogP contribution in [0.1, 0.15) is 36.8 Å². The van der Waals surface area contributed by atoms with Crippen LogP contribution in [0.25, 0.3) is 0 Å². The quantitative estimate of drug-likeness (QED) is 0.238. The molecule has 0 radical (unpaired) electrons. The molecule has 2 aromatic carbocycles. The number of hydrogen-bond donors (Lipinski definition) is 2. The maximum atomic E-state index is 12.8. The Morgan fingerprint density at radius 1 is 0.775 bits per heavy atom. The van der Waals surface area contributed by atoms with Crippen LogP contribution in [0.4, 0.5) is 37.7 Å². The Labute approximate surface area is 223 Å². The first kappa shape index (κ1) is 30.9. The van der Waals surface area contributed by atoms with Crippen molar-refractivity contribution in [1.82, 2.24) is 10.6 Å². The van der Waals surface area contributed by atoms with E-state index in [-0.39, 0.29) is 31.0 Å². The number of rotatable bonds is 8. The van der Waals surface area contributed by atoms with Gasteiger partial charge in [-0.15, -0.1) is 0 Å². The maximum Gasteiger partial charge on any atom is 0.419 e. The Balaban J connectivity index is 0.000000220. The van der Waals surface area contributed by atoms with Gasteiger partial charge < -0.3 is 20.1 Å². The van der Waals surface area contributed by atoms with E-state index in [0.717, 1.165) is 63.0 Å². The summed E-state index contributed by atoms with van der Waals surface area (Å²) in [6.45, 7) is 1.90. The minimum absolute atomic E-state index is 0.0182. The van der Waals surface area contributed by atoms with E-state index in [4.69, 9.17) is 9.47 Å². The maximum absolute atomic E-state index is 12.8. The zero-order chi connectivity index (χ0) is 29.5. The van der Waals surface area contributed by atoms with Gasteiger partial charge in [0.25, 0.3) is 11.4 Å². The third-order valence-electron chi connectivity index (χ3n) is 6.13. The lowest BCUT2D eigenvalue weighted by molar-refractivity contribution is -0.385. The Kier molecular flexibility index (Phi) is 10.1. The largest absolute Gasteiger partial charge is 0.492 e. The van der Waals surface area contributed by atoms with Gasteiger partial charge in [-0.05, 0) is 50.9 Å². The Hall–Kier alpha value is -3.66. The van der Waals surface area contributed by atoms with Crippen molar-refractivity contribution < 1.29 is 45.7 Å². The lowest BCUT2D eigenvalue weighted by Crippen LogP contribution is -2.28. The minimum Gasteiger partial charge on any atom is -0.492 e. The summed E-state index contributed by atoms with van der Waals surface area (Å²) in [7, 11) is 0. The number of non-ortho nitro benzene ring substituents is 2. The molecule has 220 valence electrons. The predicted molar refractivity (Wildman–Crippen MR) is 129 cm³/mol. The van der Waals surface area contributed by atoms with Gasteiger partial charge in [-0.3, -0.25) is 20.2 Å². The SMILES string of the molecule is O=[N+]([O-])c1cc(OC[C@@H]2CCCN2)cc(C(F)(F)F)c1.O=[N+]([O-])c1ccc(C(F)(F)F)c(OC[C@H]2CCCN2)c1. The summed E-state index contributed by atoms with van der Waals surface area (Å²) >= 11 is 0. The molecule has 0 spiro atoms. The van der Waals surface area contributed by atoms with Crippen LogP contribution < -0.4 is 20.1 Å². The number of hydrogen-bond acceptors (Lipinski definition) is 8. The molecule has 2 N–H and O–H groups in total. The molecule has 2 aromatic rings. The summed E-state index contributed by atoms with van der Waals surface area (Å²) in [5.74, 6) is -0.638. The molecule has 0 saturated carbocycles. The molecule has 0 bridgehead atoms. The Morgan fingerprint density at radius 2 is 1.35 bits per heavy atom. The lowest BCUT2D eigenvalue weighted by atomic mass is 10.1. The van der Waals surface area contributed by atoms with Crippen LogP contribution in [0.2, 0.25) is 0 Å². The van der Waals surface area contributed by atoms with Gasteiger partial charge in [-0.2, -0.15) is 26.3 Å². The highest BCUT2D eigenvalue weighted by molar-refractivity contribution is 5.46. The molecule has 2 atom stereocenters. The summed E-state index contributed by atoms with van der Waals surface area (Å²) in [4.78, 5) is 19.7.